The number of aromatic nitrogens is 1. The molecule has 18 heavy (non-hydrogen) atoms. The van der Waals surface area contributed by atoms with E-state index in [0.29, 0.717) is 13.2 Å². The van der Waals surface area contributed by atoms with Crippen LogP contribution in [0.25, 0.3) is 10.2 Å². The molecular formula is C13H18N2O2S. The summed E-state index contributed by atoms with van der Waals surface area (Å²) in [5, 5.41) is 9.72. The average molecular weight is 266 g/mol. The summed E-state index contributed by atoms with van der Waals surface area (Å²) in [6, 6.07) is 6.29. The molecule has 4 nitrogen and oxygen atoms in total. The fraction of sp³-hybridized carbons (Fsp3) is 0.462. The third-order valence-corrected chi connectivity index (χ3v) is 3.66. The summed E-state index contributed by atoms with van der Waals surface area (Å²) >= 11 is 1.71. The Morgan fingerprint density at radius 1 is 1.39 bits per heavy atom. The Morgan fingerprint density at radius 2 is 2.22 bits per heavy atom. The second-order valence-corrected chi connectivity index (χ2v) is 5.38. The number of fused-ring (bicyclic) bond motifs is 1. The van der Waals surface area contributed by atoms with Crippen LogP contribution in [0, 0.1) is 6.92 Å². The predicted molar refractivity (Wildman–Crippen MR) is 75.5 cm³/mol. The molecule has 0 aliphatic carbocycles. The summed E-state index contributed by atoms with van der Waals surface area (Å²) in [6.45, 7) is 3.94. The lowest BCUT2D eigenvalue weighted by atomic mass is 10.3. The van der Waals surface area contributed by atoms with Crippen molar-refractivity contribution in [3.8, 4) is 0 Å². The first-order valence-electron chi connectivity index (χ1n) is 5.97. The van der Waals surface area contributed by atoms with Crippen molar-refractivity contribution in [2.45, 2.75) is 6.92 Å². The molecule has 0 fully saturated rings. The zero-order valence-electron chi connectivity index (χ0n) is 10.7. The fourth-order valence-corrected chi connectivity index (χ4v) is 2.62. The van der Waals surface area contributed by atoms with Crippen molar-refractivity contribution < 1.29 is 9.84 Å². The van der Waals surface area contributed by atoms with Gasteiger partial charge in [0.15, 0.2) is 0 Å². The van der Waals surface area contributed by atoms with E-state index >= 15 is 0 Å². The largest absolute Gasteiger partial charge is 0.394 e. The average Bonchev–Trinajstić information content (AvgIpc) is 2.73. The molecule has 1 heterocycles. The van der Waals surface area contributed by atoms with Crippen LogP contribution in [0.3, 0.4) is 0 Å². The molecule has 0 aliphatic rings. The molecule has 0 radical (unpaired) electrons. The summed E-state index contributed by atoms with van der Waals surface area (Å²) in [5.41, 5.74) is 2.23. The molecule has 0 spiro atoms. The summed E-state index contributed by atoms with van der Waals surface area (Å²) in [7, 11) is 2.04. The first kappa shape index (κ1) is 13.3. The van der Waals surface area contributed by atoms with Crippen LogP contribution in [0.2, 0.25) is 0 Å². The monoisotopic (exact) mass is 266 g/mol. The van der Waals surface area contributed by atoms with Crippen molar-refractivity contribution in [2.75, 3.05) is 38.3 Å². The minimum absolute atomic E-state index is 0.0792. The van der Waals surface area contributed by atoms with Crippen LogP contribution in [0.15, 0.2) is 18.2 Å². The van der Waals surface area contributed by atoms with E-state index in [1.165, 1.54) is 10.4 Å². The van der Waals surface area contributed by atoms with Crippen molar-refractivity contribution in [1.82, 2.24) is 4.98 Å². The Labute approximate surface area is 111 Å². The van der Waals surface area contributed by atoms with Crippen LogP contribution in [-0.2, 0) is 4.74 Å². The molecule has 1 aromatic carbocycles. The van der Waals surface area contributed by atoms with E-state index in [9.17, 15) is 0 Å². The van der Waals surface area contributed by atoms with Crippen LogP contribution >= 0.6 is 11.3 Å². The highest BCUT2D eigenvalue weighted by atomic mass is 32.1. The predicted octanol–water partition coefficient (Wildman–Crippen LogP) is 2.05. The number of anilines is 1. The van der Waals surface area contributed by atoms with Gasteiger partial charge in [-0.05, 0) is 25.1 Å². The molecular weight excluding hydrogens is 248 g/mol. The molecule has 1 N–H and O–H groups in total. The van der Waals surface area contributed by atoms with Gasteiger partial charge in [-0.1, -0.05) is 0 Å². The van der Waals surface area contributed by atoms with Gasteiger partial charge in [0.2, 0.25) is 0 Å². The zero-order valence-corrected chi connectivity index (χ0v) is 11.5. The van der Waals surface area contributed by atoms with E-state index in [1.807, 2.05) is 14.0 Å². The van der Waals surface area contributed by atoms with E-state index in [4.69, 9.17) is 9.84 Å². The Kier molecular flexibility index (Phi) is 4.52. The second kappa shape index (κ2) is 6.13. The summed E-state index contributed by atoms with van der Waals surface area (Å²) in [4.78, 5) is 6.59. The number of hydrogen-bond donors (Lipinski definition) is 1. The minimum Gasteiger partial charge on any atom is -0.394 e. The third-order valence-electron chi connectivity index (χ3n) is 2.73. The van der Waals surface area contributed by atoms with Crippen molar-refractivity contribution >= 4 is 27.2 Å². The van der Waals surface area contributed by atoms with E-state index in [-0.39, 0.29) is 6.61 Å². The van der Waals surface area contributed by atoms with Gasteiger partial charge in [0.25, 0.3) is 0 Å². The van der Waals surface area contributed by atoms with Crippen molar-refractivity contribution in [1.29, 1.82) is 0 Å². The van der Waals surface area contributed by atoms with Gasteiger partial charge in [0.1, 0.15) is 0 Å². The Bertz CT molecular complexity index is 513. The first-order chi connectivity index (χ1) is 8.70. The number of likely N-dealkylation sites (N-methyl/N-ethyl adjacent to an activating group) is 1. The highest BCUT2D eigenvalue weighted by Gasteiger charge is 2.05. The molecule has 0 unspecified atom stereocenters. The summed E-state index contributed by atoms with van der Waals surface area (Å²) < 4.78 is 6.48. The Morgan fingerprint density at radius 3 is 3.00 bits per heavy atom. The van der Waals surface area contributed by atoms with Crippen molar-refractivity contribution in [2.24, 2.45) is 0 Å². The van der Waals surface area contributed by atoms with Gasteiger partial charge < -0.3 is 14.7 Å². The third kappa shape index (κ3) is 3.19. The molecule has 0 bridgehead atoms. The topological polar surface area (TPSA) is 45.6 Å². The van der Waals surface area contributed by atoms with E-state index < -0.39 is 0 Å². The van der Waals surface area contributed by atoms with Gasteiger partial charge >= 0.3 is 0 Å². The summed E-state index contributed by atoms with van der Waals surface area (Å²) in [5.74, 6) is 0. The highest BCUT2D eigenvalue weighted by Crippen LogP contribution is 2.26. The lowest BCUT2D eigenvalue weighted by Crippen LogP contribution is -2.23. The maximum atomic E-state index is 8.63. The number of hydrogen-bond acceptors (Lipinski definition) is 5. The molecule has 1 aromatic heterocycles. The van der Waals surface area contributed by atoms with Gasteiger partial charge in [-0.25, -0.2) is 4.98 Å². The lowest BCUT2D eigenvalue weighted by molar-refractivity contribution is 0.0971. The fourth-order valence-electron chi connectivity index (χ4n) is 1.76. The molecule has 0 saturated heterocycles. The van der Waals surface area contributed by atoms with Crippen LogP contribution in [0.4, 0.5) is 5.69 Å². The number of thiazole rings is 1. The van der Waals surface area contributed by atoms with Gasteiger partial charge in [-0.3, -0.25) is 0 Å². The van der Waals surface area contributed by atoms with Gasteiger partial charge in [-0.2, -0.15) is 0 Å². The van der Waals surface area contributed by atoms with Crippen LogP contribution in [0.1, 0.15) is 5.01 Å². The molecule has 0 atom stereocenters. The van der Waals surface area contributed by atoms with Crippen molar-refractivity contribution in [3.63, 3.8) is 0 Å². The van der Waals surface area contributed by atoms with Crippen LogP contribution in [-0.4, -0.2) is 43.5 Å². The molecule has 98 valence electrons. The SMILES string of the molecule is Cc1nc2ccc(N(C)CCOCCO)cc2s1. The molecule has 2 aromatic rings. The smallest absolute Gasteiger partial charge is 0.0907 e. The first-order valence-corrected chi connectivity index (χ1v) is 6.79. The number of aryl methyl sites for hydroxylation is 1. The quantitative estimate of drug-likeness (QED) is 0.813. The summed E-state index contributed by atoms with van der Waals surface area (Å²) in [6.07, 6.45) is 0. The number of aliphatic hydroxyl groups is 1. The second-order valence-electron chi connectivity index (χ2n) is 4.14. The van der Waals surface area contributed by atoms with Gasteiger partial charge in [0.05, 0.1) is 35.0 Å². The number of aliphatic hydroxyl groups excluding tert-OH is 1. The van der Waals surface area contributed by atoms with Gasteiger partial charge in [0, 0.05) is 19.3 Å². The van der Waals surface area contributed by atoms with E-state index in [0.717, 1.165) is 17.1 Å². The Balaban J connectivity index is 2.01. The number of rotatable bonds is 6. The highest BCUT2D eigenvalue weighted by molar-refractivity contribution is 7.18. The number of benzene rings is 1. The minimum atomic E-state index is 0.0792. The Hall–Kier alpha value is -1.17. The van der Waals surface area contributed by atoms with Crippen LogP contribution in [0.5, 0.6) is 0 Å². The van der Waals surface area contributed by atoms with E-state index in [1.54, 1.807) is 11.3 Å². The number of nitrogens with zero attached hydrogens (tertiary/aromatic N) is 2. The van der Waals surface area contributed by atoms with Crippen molar-refractivity contribution in [3.05, 3.63) is 23.2 Å². The molecule has 0 aliphatic heterocycles. The molecule has 2 rings (SSSR count). The normalized spacial score (nSPS) is 11.1. The maximum absolute atomic E-state index is 8.63. The zero-order chi connectivity index (χ0) is 13.0. The molecule has 0 saturated carbocycles. The molecule has 0 amide bonds. The van der Waals surface area contributed by atoms with E-state index in [2.05, 4.69) is 28.1 Å². The molecule has 5 heteroatoms. The standard InChI is InChI=1S/C13H18N2O2S/c1-10-14-12-4-3-11(9-13(12)18-10)15(2)5-7-17-8-6-16/h3-4,9,16H,5-8H2,1-2H3. The maximum Gasteiger partial charge on any atom is 0.0907 e. The van der Waals surface area contributed by atoms with Crippen LogP contribution < -0.4 is 4.90 Å². The van der Waals surface area contributed by atoms with Gasteiger partial charge in [-0.15, -0.1) is 11.3 Å². The number of ether oxygens (including phenoxy) is 1. The lowest BCUT2D eigenvalue weighted by Gasteiger charge is -2.19.